The number of hydrogen-bond donors (Lipinski definition) is 3. The predicted octanol–water partition coefficient (Wildman–Crippen LogP) is 0.313. The van der Waals surface area contributed by atoms with Gasteiger partial charge in [-0.2, -0.15) is 0 Å². The van der Waals surface area contributed by atoms with Gasteiger partial charge in [-0.1, -0.05) is 0 Å². The second kappa shape index (κ2) is 6.07. The standard InChI is InChI=1S/C11H16N2O4/c1-16-6-8(12)11(15)13-9-5-7(17-2)3-4-10(9)14/h3-5,8,14H,6,12H2,1-2H3,(H,13,15). The number of amides is 1. The first-order valence-electron chi connectivity index (χ1n) is 5.01. The molecule has 94 valence electrons. The molecular formula is C11H16N2O4. The van der Waals surface area contributed by atoms with Gasteiger partial charge in [0.15, 0.2) is 0 Å². The Morgan fingerprint density at radius 1 is 1.53 bits per heavy atom. The zero-order valence-electron chi connectivity index (χ0n) is 9.77. The Labute approximate surface area is 99.3 Å². The third-order valence-electron chi connectivity index (χ3n) is 2.14. The highest BCUT2D eigenvalue weighted by molar-refractivity contribution is 5.96. The molecule has 1 atom stereocenters. The van der Waals surface area contributed by atoms with Gasteiger partial charge in [-0.05, 0) is 12.1 Å². The molecule has 1 amide bonds. The minimum atomic E-state index is -0.786. The Kier molecular flexibility index (Phi) is 4.74. The molecule has 0 fully saturated rings. The molecule has 0 radical (unpaired) electrons. The number of ether oxygens (including phenoxy) is 2. The number of methoxy groups -OCH3 is 2. The van der Waals surface area contributed by atoms with Gasteiger partial charge < -0.3 is 25.6 Å². The molecule has 1 unspecified atom stereocenters. The predicted molar refractivity (Wildman–Crippen MR) is 63.1 cm³/mol. The van der Waals surface area contributed by atoms with E-state index in [0.717, 1.165) is 0 Å². The topological polar surface area (TPSA) is 93.8 Å². The number of hydrogen-bond acceptors (Lipinski definition) is 5. The van der Waals surface area contributed by atoms with E-state index in [1.54, 1.807) is 6.07 Å². The van der Waals surface area contributed by atoms with Crippen molar-refractivity contribution in [3.8, 4) is 11.5 Å². The molecule has 1 aromatic carbocycles. The first kappa shape index (κ1) is 13.3. The van der Waals surface area contributed by atoms with E-state index in [1.807, 2.05) is 0 Å². The number of nitrogens with two attached hydrogens (primary N) is 1. The summed E-state index contributed by atoms with van der Waals surface area (Å²) in [5.41, 5.74) is 5.80. The zero-order chi connectivity index (χ0) is 12.8. The fraction of sp³-hybridized carbons (Fsp3) is 0.364. The lowest BCUT2D eigenvalue weighted by Gasteiger charge is -2.13. The second-order valence-corrected chi connectivity index (χ2v) is 3.43. The summed E-state index contributed by atoms with van der Waals surface area (Å²) < 4.78 is 9.75. The van der Waals surface area contributed by atoms with Crippen LogP contribution in [-0.2, 0) is 9.53 Å². The third kappa shape index (κ3) is 3.61. The molecule has 0 spiro atoms. The number of phenolic OH excluding ortho intramolecular Hbond substituents is 1. The van der Waals surface area contributed by atoms with Crippen molar-refractivity contribution in [3.63, 3.8) is 0 Å². The Hall–Kier alpha value is -1.79. The second-order valence-electron chi connectivity index (χ2n) is 3.43. The summed E-state index contributed by atoms with van der Waals surface area (Å²) in [6, 6.07) is 3.73. The van der Waals surface area contributed by atoms with Crippen LogP contribution in [0, 0.1) is 0 Å². The van der Waals surface area contributed by atoms with Crippen LogP contribution in [0.2, 0.25) is 0 Å². The smallest absolute Gasteiger partial charge is 0.243 e. The van der Waals surface area contributed by atoms with E-state index >= 15 is 0 Å². The third-order valence-corrected chi connectivity index (χ3v) is 2.14. The summed E-state index contributed by atoms with van der Waals surface area (Å²) in [6.45, 7) is 0.108. The van der Waals surface area contributed by atoms with Crippen LogP contribution in [0.25, 0.3) is 0 Å². The van der Waals surface area contributed by atoms with E-state index in [4.69, 9.17) is 15.2 Å². The first-order chi connectivity index (χ1) is 8.08. The highest BCUT2D eigenvalue weighted by Crippen LogP contribution is 2.27. The van der Waals surface area contributed by atoms with Crippen LogP contribution in [-0.4, -0.2) is 37.9 Å². The van der Waals surface area contributed by atoms with E-state index in [-0.39, 0.29) is 18.0 Å². The fourth-order valence-corrected chi connectivity index (χ4v) is 1.22. The Balaban J connectivity index is 2.76. The molecule has 0 aliphatic rings. The summed E-state index contributed by atoms with van der Waals surface area (Å²) in [4.78, 5) is 11.6. The van der Waals surface area contributed by atoms with Gasteiger partial charge in [0.05, 0.1) is 19.4 Å². The number of nitrogens with one attached hydrogen (secondary N) is 1. The van der Waals surface area contributed by atoms with Gasteiger partial charge in [-0.25, -0.2) is 0 Å². The van der Waals surface area contributed by atoms with Crippen molar-refractivity contribution in [2.45, 2.75) is 6.04 Å². The number of aromatic hydroxyl groups is 1. The van der Waals surface area contributed by atoms with Crippen LogP contribution in [0.3, 0.4) is 0 Å². The largest absolute Gasteiger partial charge is 0.506 e. The summed E-state index contributed by atoms with van der Waals surface area (Å²) in [7, 11) is 2.95. The van der Waals surface area contributed by atoms with Crippen LogP contribution >= 0.6 is 0 Å². The molecule has 17 heavy (non-hydrogen) atoms. The van der Waals surface area contributed by atoms with Gasteiger partial charge in [0.1, 0.15) is 17.5 Å². The molecular weight excluding hydrogens is 224 g/mol. The van der Waals surface area contributed by atoms with Crippen molar-refractivity contribution in [2.24, 2.45) is 5.73 Å². The normalized spacial score (nSPS) is 11.9. The Morgan fingerprint density at radius 2 is 2.24 bits per heavy atom. The van der Waals surface area contributed by atoms with Crippen molar-refractivity contribution in [2.75, 3.05) is 26.1 Å². The monoisotopic (exact) mass is 240 g/mol. The SMILES string of the molecule is COCC(N)C(=O)Nc1cc(OC)ccc1O. The number of phenols is 1. The molecule has 0 aliphatic carbocycles. The molecule has 0 saturated heterocycles. The number of anilines is 1. The summed E-state index contributed by atoms with van der Waals surface area (Å²) in [5, 5.41) is 12.0. The lowest BCUT2D eigenvalue weighted by atomic mass is 10.2. The highest BCUT2D eigenvalue weighted by Gasteiger charge is 2.15. The van der Waals surface area contributed by atoms with Crippen molar-refractivity contribution in [1.82, 2.24) is 0 Å². The maximum atomic E-state index is 11.6. The molecule has 0 heterocycles. The summed E-state index contributed by atoms with van der Waals surface area (Å²) >= 11 is 0. The molecule has 6 nitrogen and oxygen atoms in total. The highest BCUT2D eigenvalue weighted by atomic mass is 16.5. The number of benzene rings is 1. The molecule has 1 rings (SSSR count). The van der Waals surface area contributed by atoms with E-state index in [2.05, 4.69) is 5.32 Å². The van der Waals surface area contributed by atoms with Crippen LogP contribution in [0.1, 0.15) is 0 Å². The number of rotatable bonds is 5. The molecule has 0 aliphatic heterocycles. The van der Waals surface area contributed by atoms with Gasteiger partial charge in [-0.15, -0.1) is 0 Å². The Bertz CT molecular complexity index is 395. The fourth-order valence-electron chi connectivity index (χ4n) is 1.22. The summed E-state index contributed by atoms with van der Waals surface area (Å²) in [5.74, 6) is 0.0394. The van der Waals surface area contributed by atoms with E-state index < -0.39 is 11.9 Å². The van der Waals surface area contributed by atoms with Gasteiger partial charge in [0, 0.05) is 13.2 Å². The van der Waals surface area contributed by atoms with Crippen molar-refractivity contribution < 1.29 is 19.4 Å². The average molecular weight is 240 g/mol. The average Bonchev–Trinajstić information content (AvgIpc) is 2.32. The maximum absolute atomic E-state index is 11.6. The molecule has 0 saturated carbocycles. The first-order valence-corrected chi connectivity index (χ1v) is 5.01. The Morgan fingerprint density at radius 3 is 2.82 bits per heavy atom. The van der Waals surface area contributed by atoms with Crippen LogP contribution in [0.5, 0.6) is 11.5 Å². The van der Waals surface area contributed by atoms with Gasteiger partial charge in [0.25, 0.3) is 0 Å². The van der Waals surface area contributed by atoms with Crippen LogP contribution in [0.15, 0.2) is 18.2 Å². The molecule has 0 aromatic heterocycles. The van der Waals surface area contributed by atoms with E-state index in [0.29, 0.717) is 5.75 Å². The van der Waals surface area contributed by atoms with Crippen LogP contribution in [0.4, 0.5) is 5.69 Å². The lowest BCUT2D eigenvalue weighted by Crippen LogP contribution is -2.39. The number of carbonyl (C=O) groups is 1. The van der Waals surface area contributed by atoms with Crippen molar-refractivity contribution >= 4 is 11.6 Å². The minimum Gasteiger partial charge on any atom is -0.506 e. The quantitative estimate of drug-likeness (QED) is 0.644. The lowest BCUT2D eigenvalue weighted by molar-refractivity contribution is -0.118. The van der Waals surface area contributed by atoms with Crippen molar-refractivity contribution in [3.05, 3.63) is 18.2 Å². The van der Waals surface area contributed by atoms with Crippen molar-refractivity contribution in [1.29, 1.82) is 0 Å². The minimum absolute atomic E-state index is 0.0521. The molecule has 6 heteroatoms. The molecule has 1 aromatic rings. The maximum Gasteiger partial charge on any atom is 0.243 e. The summed E-state index contributed by atoms with van der Waals surface area (Å²) in [6.07, 6.45) is 0. The molecule has 0 bridgehead atoms. The van der Waals surface area contributed by atoms with Gasteiger partial charge >= 0.3 is 0 Å². The van der Waals surface area contributed by atoms with E-state index in [1.165, 1.54) is 26.4 Å². The number of carbonyl (C=O) groups excluding carboxylic acids is 1. The van der Waals surface area contributed by atoms with Gasteiger partial charge in [0.2, 0.25) is 5.91 Å². The zero-order valence-corrected chi connectivity index (χ0v) is 9.77. The van der Waals surface area contributed by atoms with Crippen LogP contribution < -0.4 is 15.8 Å². The molecule has 4 N–H and O–H groups in total. The van der Waals surface area contributed by atoms with E-state index in [9.17, 15) is 9.90 Å². The van der Waals surface area contributed by atoms with Gasteiger partial charge in [-0.3, -0.25) is 4.79 Å².